The van der Waals surface area contributed by atoms with Gasteiger partial charge in [-0.2, -0.15) is 0 Å². The van der Waals surface area contributed by atoms with E-state index in [1.165, 1.54) is 23.3 Å². The second-order valence-corrected chi connectivity index (χ2v) is 4.30. The topological polar surface area (TPSA) is 0 Å². The average Bonchev–Trinajstić information content (AvgIpc) is 2.36. The molecule has 1 unspecified atom stereocenters. The zero-order valence-electron chi connectivity index (χ0n) is 7.55. The summed E-state index contributed by atoms with van der Waals surface area (Å²) in [6.45, 7) is 6.73. The van der Waals surface area contributed by atoms with Gasteiger partial charge in [0, 0.05) is 4.88 Å². The van der Waals surface area contributed by atoms with Crippen LogP contribution in [0.1, 0.15) is 43.0 Å². The normalized spacial score (nSPS) is 13.4. The smallest absolute Gasteiger partial charge is 0.00171 e. The third-order valence-corrected chi connectivity index (χ3v) is 2.92. The fraction of sp³-hybridized carbons (Fsp3) is 0.600. The van der Waals surface area contributed by atoms with Crippen LogP contribution in [0.4, 0.5) is 0 Å². The van der Waals surface area contributed by atoms with E-state index < -0.39 is 0 Å². The summed E-state index contributed by atoms with van der Waals surface area (Å²) in [4.78, 5) is 1.43. The van der Waals surface area contributed by atoms with Crippen molar-refractivity contribution in [3.05, 3.63) is 21.9 Å². The van der Waals surface area contributed by atoms with E-state index in [0.717, 1.165) is 5.92 Å². The summed E-state index contributed by atoms with van der Waals surface area (Å²) in [7, 11) is 0. The zero-order chi connectivity index (χ0) is 8.27. The Kier molecular flexibility index (Phi) is 3.13. The highest BCUT2D eigenvalue weighted by molar-refractivity contribution is 7.10. The number of thiophene rings is 1. The summed E-state index contributed by atoms with van der Waals surface area (Å²) in [6.07, 6.45) is 2.60. The molecule has 0 nitrogen and oxygen atoms in total. The summed E-state index contributed by atoms with van der Waals surface area (Å²) >= 11 is 1.86. The summed E-state index contributed by atoms with van der Waals surface area (Å²) in [5.74, 6) is 0.755. The van der Waals surface area contributed by atoms with Crippen molar-refractivity contribution < 1.29 is 0 Å². The molecule has 0 amide bonds. The van der Waals surface area contributed by atoms with E-state index in [9.17, 15) is 0 Å². The Morgan fingerprint density at radius 2 is 2.27 bits per heavy atom. The largest absolute Gasteiger partial charge is 0.149 e. The first-order valence-corrected chi connectivity index (χ1v) is 5.17. The Bertz CT molecular complexity index is 212. The van der Waals surface area contributed by atoms with Crippen molar-refractivity contribution in [3.8, 4) is 0 Å². The van der Waals surface area contributed by atoms with Gasteiger partial charge in [-0.25, -0.2) is 0 Å². The molecule has 1 rings (SSSR count). The molecule has 62 valence electrons. The van der Waals surface area contributed by atoms with Gasteiger partial charge in [0.15, 0.2) is 0 Å². The Balaban J connectivity index is 2.60. The fourth-order valence-electron chi connectivity index (χ4n) is 1.32. The highest BCUT2D eigenvalue weighted by atomic mass is 32.1. The molecule has 1 atom stereocenters. The third-order valence-electron chi connectivity index (χ3n) is 2.04. The molecule has 1 heteroatoms. The predicted octanol–water partition coefficient (Wildman–Crippen LogP) is 3.96. The summed E-state index contributed by atoms with van der Waals surface area (Å²) in [6, 6.07) is 2.31. The number of hydrogen-bond acceptors (Lipinski definition) is 1. The van der Waals surface area contributed by atoms with Crippen molar-refractivity contribution in [1.82, 2.24) is 0 Å². The molecule has 0 saturated carbocycles. The lowest BCUT2D eigenvalue weighted by Crippen LogP contribution is -1.88. The van der Waals surface area contributed by atoms with Crippen molar-refractivity contribution in [2.75, 3.05) is 0 Å². The van der Waals surface area contributed by atoms with Crippen molar-refractivity contribution >= 4 is 11.3 Å². The first-order chi connectivity index (χ1) is 5.24. The third kappa shape index (κ3) is 2.33. The van der Waals surface area contributed by atoms with Gasteiger partial charge in [0.05, 0.1) is 0 Å². The van der Waals surface area contributed by atoms with Gasteiger partial charge in [-0.15, -0.1) is 11.3 Å². The van der Waals surface area contributed by atoms with Gasteiger partial charge in [-0.3, -0.25) is 0 Å². The molecule has 0 bridgehead atoms. The molecule has 0 saturated heterocycles. The predicted molar refractivity (Wildman–Crippen MR) is 52.4 cm³/mol. The minimum atomic E-state index is 0.755. The number of rotatable bonds is 3. The molecule has 0 radical (unpaired) electrons. The minimum Gasteiger partial charge on any atom is -0.149 e. The highest BCUT2D eigenvalue weighted by Crippen LogP contribution is 2.24. The fourth-order valence-corrected chi connectivity index (χ4v) is 2.15. The van der Waals surface area contributed by atoms with Crippen LogP contribution < -0.4 is 0 Å². The van der Waals surface area contributed by atoms with Gasteiger partial charge in [0.2, 0.25) is 0 Å². The lowest BCUT2D eigenvalue weighted by molar-refractivity contribution is 0.667. The molecule has 0 aliphatic heterocycles. The second kappa shape index (κ2) is 3.91. The molecule has 0 aromatic carbocycles. The van der Waals surface area contributed by atoms with E-state index in [2.05, 4.69) is 32.2 Å². The van der Waals surface area contributed by atoms with Crippen LogP contribution in [-0.2, 0) is 0 Å². The van der Waals surface area contributed by atoms with Gasteiger partial charge in [0.1, 0.15) is 0 Å². The van der Waals surface area contributed by atoms with Crippen molar-refractivity contribution in [2.45, 2.75) is 39.5 Å². The highest BCUT2D eigenvalue weighted by Gasteiger charge is 2.04. The minimum absolute atomic E-state index is 0.755. The number of aryl methyl sites for hydroxylation is 1. The Labute approximate surface area is 73.3 Å². The Hall–Kier alpha value is -0.300. The molecule has 0 aliphatic rings. The first-order valence-electron chi connectivity index (χ1n) is 4.29. The Morgan fingerprint density at radius 3 is 2.73 bits per heavy atom. The summed E-state index contributed by atoms with van der Waals surface area (Å²) in [5, 5.41) is 2.29. The van der Waals surface area contributed by atoms with Crippen LogP contribution in [0.2, 0.25) is 0 Å². The standard InChI is InChI=1S/C10H16S/c1-4-5-8(2)10-6-9(3)11-7-10/h6-8H,4-5H2,1-3H3. The molecule has 0 N–H and O–H groups in total. The van der Waals surface area contributed by atoms with Crippen molar-refractivity contribution in [3.63, 3.8) is 0 Å². The van der Waals surface area contributed by atoms with Crippen LogP contribution in [0.25, 0.3) is 0 Å². The monoisotopic (exact) mass is 168 g/mol. The van der Waals surface area contributed by atoms with Crippen LogP contribution in [-0.4, -0.2) is 0 Å². The molecular weight excluding hydrogens is 152 g/mol. The Morgan fingerprint density at radius 1 is 1.55 bits per heavy atom. The van der Waals surface area contributed by atoms with E-state index in [0.29, 0.717) is 0 Å². The molecule has 0 aliphatic carbocycles. The average molecular weight is 168 g/mol. The second-order valence-electron chi connectivity index (χ2n) is 3.18. The number of hydrogen-bond donors (Lipinski definition) is 0. The van der Waals surface area contributed by atoms with Crippen LogP contribution in [0.5, 0.6) is 0 Å². The van der Waals surface area contributed by atoms with Crippen LogP contribution in [0, 0.1) is 6.92 Å². The quantitative estimate of drug-likeness (QED) is 0.641. The SMILES string of the molecule is CCCC(C)c1csc(C)c1. The zero-order valence-corrected chi connectivity index (χ0v) is 8.37. The molecule has 1 heterocycles. The molecule has 0 spiro atoms. The van der Waals surface area contributed by atoms with Crippen LogP contribution in [0.15, 0.2) is 11.4 Å². The van der Waals surface area contributed by atoms with E-state index in [-0.39, 0.29) is 0 Å². The van der Waals surface area contributed by atoms with E-state index in [1.807, 2.05) is 11.3 Å². The molecule has 1 aromatic heterocycles. The van der Waals surface area contributed by atoms with Gasteiger partial charge in [-0.1, -0.05) is 20.3 Å². The summed E-state index contributed by atoms with van der Waals surface area (Å²) < 4.78 is 0. The van der Waals surface area contributed by atoms with Crippen LogP contribution in [0.3, 0.4) is 0 Å². The van der Waals surface area contributed by atoms with E-state index >= 15 is 0 Å². The van der Waals surface area contributed by atoms with Gasteiger partial charge in [0.25, 0.3) is 0 Å². The summed E-state index contributed by atoms with van der Waals surface area (Å²) in [5.41, 5.74) is 1.52. The van der Waals surface area contributed by atoms with Crippen LogP contribution >= 0.6 is 11.3 Å². The maximum atomic E-state index is 2.31. The van der Waals surface area contributed by atoms with E-state index in [4.69, 9.17) is 0 Å². The molecule has 0 fully saturated rings. The van der Waals surface area contributed by atoms with Gasteiger partial charge in [-0.05, 0) is 36.3 Å². The molecule has 1 aromatic rings. The molecule has 11 heavy (non-hydrogen) atoms. The maximum absolute atomic E-state index is 2.31. The van der Waals surface area contributed by atoms with Gasteiger partial charge < -0.3 is 0 Å². The lowest BCUT2D eigenvalue weighted by atomic mass is 9.99. The van der Waals surface area contributed by atoms with Gasteiger partial charge >= 0.3 is 0 Å². The lowest BCUT2D eigenvalue weighted by Gasteiger charge is -2.05. The van der Waals surface area contributed by atoms with E-state index in [1.54, 1.807) is 0 Å². The molecular formula is C10H16S. The van der Waals surface area contributed by atoms with Crippen molar-refractivity contribution in [1.29, 1.82) is 0 Å². The van der Waals surface area contributed by atoms with Crippen molar-refractivity contribution in [2.24, 2.45) is 0 Å². The first kappa shape index (κ1) is 8.79. The maximum Gasteiger partial charge on any atom is 0.00171 e.